The van der Waals surface area contributed by atoms with Gasteiger partial charge in [0.2, 0.25) is 0 Å². The SMILES string of the molecule is Cc1ccc(C(=O)C(C#N)c2nc3sc4c(c3c(=O)[nH]2)CCCC4)s1. The maximum Gasteiger partial charge on any atom is 0.259 e. The summed E-state index contributed by atoms with van der Waals surface area (Å²) in [5.41, 5.74) is 0.857. The quantitative estimate of drug-likeness (QED) is 0.713. The number of aryl methyl sites for hydroxylation is 3. The van der Waals surface area contributed by atoms with Crippen LogP contribution in [0.2, 0.25) is 0 Å². The minimum atomic E-state index is -1.09. The number of ketones is 1. The fourth-order valence-electron chi connectivity index (χ4n) is 3.27. The zero-order valence-corrected chi connectivity index (χ0v) is 15.2. The Labute approximate surface area is 152 Å². The van der Waals surface area contributed by atoms with Crippen molar-refractivity contribution in [2.45, 2.75) is 38.5 Å². The number of Topliss-reactive ketones (excluding diaryl/α,β-unsaturated/α-hetero) is 1. The standard InChI is InChI=1S/C18H15N3O2S2/c1-9-6-7-13(24-9)15(22)11(8-19)16-20-17(23)14-10-4-2-3-5-12(10)25-18(14)21-16/h6-7,11H,2-5H2,1H3,(H,20,21,23). The molecule has 0 saturated carbocycles. The average Bonchev–Trinajstić information content (AvgIpc) is 3.18. The molecule has 1 N–H and O–H groups in total. The molecule has 5 nitrogen and oxygen atoms in total. The third-order valence-electron chi connectivity index (χ3n) is 4.49. The maximum atomic E-state index is 12.7. The molecule has 0 aromatic carbocycles. The number of nitrogens with zero attached hydrogens (tertiary/aromatic N) is 2. The number of aromatic nitrogens is 2. The molecular formula is C18H15N3O2S2. The fraction of sp³-hybridized carbons (Fsp3) is 0.333. The molecule has 4 rings (SSSR count). The molecule has 0 radical (unpaired) electrons. The van der Waals surface area contributed by atoms with Gasteiger partial charge >= 0.3 is 0 Å². The summed E-state index contributed by atoms with van der Waals surface area (Å²) in [6.07, 6.45) is 4.08. The Hall–Kier alpha value is -2.30. The smallest absolute Gasteiger partial charge is 0.259 e. The van der Waals surface area contributed by atoms with Crippen molar-refractivity contribution in [2.24, 2.45) is 0 Å². The molecule has 1 unspecified atom stereocenters. The van der Waals surface area contributed by atoms with Gasteiger partial charge in [0, 0.05) is 9.75 Å². The topological polar surface area (TPSA) is 86.6 Å². The molecule has 0 bridgehead atoms. The summed E-state index contributed by atoms with van der Waals surface area (Å²) in [5.74, 6) is -1.26. The lowest BCUT2D eigenvalue weighted by atomic mass is 9.97. The van der Waals surface area contributed by atoms with E-state index in [1.807, 2.05) is 19.1 Å². The van der Waals surface area contributed by atoms with Gasteiger partial charge in [-0.25, -0.2) is 4.98 Å². The number of thiophene rings is 2. The van der Waals surface area contributed by atoms with Gasteiger partial charge in [-0.2, -0.15) is 5.26 Å². The number of hydrogen-bond donors (Lipinski definition) is 1. The van der Waals surface area contributed by atoms with Gasteiger partial charge in [0.05, 0.1) is 16.3 Å². The summed E-state index contributed by atoms with van der Waals surface area (Å²) in [7, 11) is 0. The predicted molar refractivity (Wildman–Crippen MR) is 98.6 cm³/mol. The Bertz CT molecular complexity index is 1080. The second-order valence-electron chi connectivity index (χ2n) is 6.18. The summed E-state index contributed by atoms with van der Waals surface area (Å²) in [6, 6.07) is 5.57. The minimum Gasteiger partial charge on any atom is -0.308 e. The van der Waals surface area contributed by atoms with E-state index in [0.29, 0.717) is 15.1 Å². The molecule has 0 fully saturated rings. The number of fused-ring (bicyclic) bond motifs is 3. The number of carbonyl (C=O) groups excluding carboxylic acids is 1. The highest BCUT2D eigenvalue weighted by molar-refractivity contribution is 7.18. The van der Waals surface area contributed by atoms with E-state index in [2.05, 4.69) is 9.97 Å². The Balaban J connectivity index is 1.81. The summed E-state index contributed by atoms with van der Waals surface area (Å²) < 4.78 is 0. The van der Waals surface area contributed by atoms with Crippen LogP contribution in [0, 0.1) is 18.3 Å². The molecule has 126 valence electrons. The minimum absolute atomic E-state index is 0.148. The lowest BCUT2D eigenvalue weighted by Crippen LogP contribution is -2.19. The van der Waals surface area contributed by atoms with Crippen molar-refractivity contribution in [2.75, 3.05) is 0 Å². The first-order valence-corrected chi connectivity index (χ1v) is 9.76. The van der Waals surface area contributed by atoms with Crippen LogP contribution in [0.5, 0.6) is 0 Å². The zero-order chi connectivity index (χ0) is 17.6. The Morgan fingerprint density at radius 3 is 2.84 bits per heavy atom. The molecule has 1 aliphatic carbocycles. The summed E-state index contributed by atoms with van der Waals surface area (Å²) >= 11 is 2.86. The normalized spacial score (nSPS) is 14.9. The first kappa shape index (κ1) is 16.2. The van der Waals surface area contributed by atoms with Gasteiger partial charge < -0.3 is 4.98 Å². The van der Waals surface area contributed by atoms with Gasteiger partial charge in [0.25, 0.3) is 5.56 Å². The molecule has 25 heavy (non-hydrogen) atoms. The van der Waals surface area contributed by atoms with E-state index in [1.165, 1.54) is 27.6 Å². The third kappa shape index (κ3) is 2.71. The molecule has 0 spiro atoms. The largest absolute Gasteiger partial charge is 0.308 e. The van der Waals surface area contributed by atoms with E-state index < -0.39 is 5.92 Å². The van der Waals surface area contributed by atoms with E-state index in [0.717, 1.165) is 36.1 Å². The van der Waals surface area contributed by atoms with Crippen molar-refractivity contribution >= 4 is 38.7 Å². The number of nitriles is 1. The van der Waals surface area contributed by atoms with Gasteiger partial charge in [-0.3, -0.25) is 9.59 Å². The molecule has 7 heteroatoms. The number of nitrogens with one attached hydrogen (secondary N) is 1. The monoisotopic (exact) mass is 369 g/mol. The second-order valence-corrected chi connectivity index (χ2v) is 8.55. The van der Waals surface area contributed by atoms with Crippen molar-refractivity contribution in [3.8, 4) is 6.07 Å². The molecule has 0 amide bonds. The highest BCUT2D eigenvalue weighted by Gasteiger charge is 2.27. The van der Waals surface area contributed by atoms with Crippen LogP contribution in [-0.4, -0.2) is 15.8 Å². The Morgan fingerprint density at radius 1 is 1.32 bits per heavy atom. The number of carbonyl (C=O) groups is 1. The van der Waals surface area contributed by atoms with E-state index in [9.17, 15) is 14.9 Å². The van der Waals surface area contributed by atoms with Crippen LogP contribution in [0.3, 0.4) is 0 Å². The number of aromatic amines is 1. The molecule has 1 atom stereocenters. The van der Waals surface area contributed by atoms with Crippen molar-refractivity contribution in [3.63, 3.8) is 0 Å². The first-order chi connectivity index (χ1) is 12.1. The van der Waals surface area contributed by atoms with Crippen LogP contribution in [-0.2, 0) is 12.8 Å². The lowest BCUT2D eigenvalue weighted by Gasteiger charge is -2.10. The first-order valence-electron chi connectivity index (χ1n) is 8.13. The predicted octanol–water partition coefficient (Wildman–Crippen LogP) is 3.72. The molecule has 3 aromatic heterocycles. The molecule has 0 saturated heterocycles. The summed E-state index contributed by atoms with van der Waals surface area (Å²) in [6.45, 7) is 1.91. The summed E-state index contributed by atoms with van der Waals surface area (Å²) in [4.78, 5) is 35.8. The van der Waals surface area contributed by atoms with Crippen molar-refractivity contribution in [3.05, 3.63) is 48.5 Å². The van der Waals surface area contributed by atoms with Gasteiger partial charge in [0.1, 0.15) is 10.7 Å². The van der Waals surface area contributed by atoms with Crippen LogP contribution in [0.1, 0.15) is 49.6 Å². The highest BCUT2D eigenvalue weighted by Crippen LogP contribution is 2.34. The van der Waals surface area contributed by atoms with Crippen LogP contribution in [0.4, 0.5) is 0 Å². The maximum absolute atomic E-state index is 12.7. The fourth-order valence-corrected chi connectivity index (χ4v) is 5.38. The van der Waals surface area contributed by atoms with Crippen LogP contribution in [0.15, 0.2) is 16.9 Å². The van der Waals surface area contributed by atoms with Crippen LogP contribution in [0.25, 0.3) is 10.2 Å². The van der Waals surface area contributed by atoms with Crippen molar-refractivity contribution in [1.82, 2.24) is 9.97 Å². The molecular weight excluding hydrogens is 354 g/mol. The van der Waals surface area contributed by atoms with Gasteiger partial charge in [-0.05, 0) is 50.3 Å². The number of H-pyrrole nitrogens is 1. The van der Waals surface area contributed by atoms with E-state index in [-0.39, 0.29) is 17.2 Å². The molecule has 3 heterocycles. The lowest BCUT2D eigenvalue weighted by molar-refractivity contribution is 0.0980. The number of rotatable bonds is 3. The second kappa shape index (κ2) is 6.21. The van der Waals surface area contributed by atoms with Gasteiger partial charge in [-0.15, -0.1) is 22.7 Å². The average molecular weight is 369 g/mol. The van der Waals surface area contributed by atoms with E-state index in [1.54, 1.807) is 6.07 Å². The van der Waals surface area contributed by atoms with Gasteiger partial charge in [0.15, 0.2) is 11.7 Å². The van der Waals surface area contributed by atoms with E-state index in [4.69, 9.17) is 0 Å². The van der Waals surface area contributed by atoms with Gasteiger partial charge in [-0.1, -0.05) is 0 Å². The molecule has 1 aliphatic rings. The Morgan fingerprint density at radius 2 is 2.12 bits per heavy atom. The van der Waals surface area contributed by atoms with E-state index >= 15 is 0 Å². The third-order valence-corrected chi connectivity index (χ3v) is 6.69. The highest BCUT2D eigenvalue weighted by atomic mass is 32.1. The zero-order valence-electron chi connectivity index (χ0n) is 13.6. The molecule has 3 aromatic rings. The number of hydrogen-bond acceptors (Lipinski definition) is 6. The molecule has 0 aliphatic heterocycles. The van der Waals surface area contributed by atoms with Crippen LogP contribution < -0.4 is 5.56 Å². The Kier molecular flexibility index (Phi) is 4.02. The summed E-state index contributed by atoms with van der Waals surface area (Å²) in [5, 5.41) is 10.2. The van der Waals surface area contributed by atoms with Crippen molar-refractivity contribution in [1.29, 1.82) is 5.26 Å². The van der Waals surface area contributed by atoms with Crippen molar-refractivity contribution < 1.29 is 4.79 Å². The van der Waals surface area contributed by atoms with Crippen LogP contribution >= 0.6 is 22.7 Å².